The molecule has 19 heavy (non-hydrogen) atoms. The van der Waals surface area contributed by atoms with Crippen LogP contribution < -0.4 is 5.32 Å². The Bertz CT molecular complexity index is 288. The number of rotatable bonds is 10. The molecule has 1 unspecified atom stereocenters. The number of hydrogen-bond donors (Lipinski definition) is 1. The van der Waals surface area contributed by atoms with Crippen LogP contribution in [0.25, 0.3) is 0 Å². The third-order valence-electron chi connectivity index (χ3n) is 3.86. The number of unbranched alkanes of at least 4 members (excludes halogenated alkanes) is 1. The van der Waals surface area contributed by atoms with Crippen LogP contribution in [0.3, 0.4) is 0 Å². The lowest BCUT2D eigenvalue weighted by molar-refractivity contribution is -0.146. The SMILES string of the molecule is CCCCN(CC(NC1CC1)C(=O)OCC)C1CC1. The first-order chi connectivity index (χ1) is 9.24. The van der Waals surface area contributed by atoms with Crippen molar-refractivity contribution in [3.63, 3.8) is 0 Å². The van der Waals surface area contributed by atoms with Crippen molar-refractivity contribution in [2.45, 2.75) is 70.5 Å². The molecule has 0 aromatic heterocycles. The average molecular weight is 268 g/mol. The minimum atomic E-state index is -0.134. The zero-order valence-electron chi connectivity index (χ0n) is 12.4. The standard InChI is InChI=1S/C15H28N2O2/c1-3-5-10-17(13-8-9-13)11-14(15(18)19-4-2)16-12-6-7-12/h12-14,16H,3-11H2,1-2H3. The van der Waals surface area contributed by atoms with Crippen LogP contribution in [0, 0.1) is 0 Å². The Morgan fingerprint density at radius 2 is 2.05 bits per heavy atom. The number of nitrogens with one attached hydrogen (secondary N) is 1. The van der Waals surface area contributed by atoms with Gasteiger partial charge in [-0.1, -0.05) is 13.3 Å². The summed E-state index contributed by atoms with van der Waals surface area (Å²) in [5.74, 6) is -0.0726. The highest BCUT2D eigenvalue weighted by molar-refractivity contribution is 5.76. The highest BCUT2D eigenvalue weighted by Gasteiger charge is 2.35. The van der Waals surface area contributed by atoms with Gasteiger partial charge in [0.25, 0.3) is 0 Å². The van der Waals surface area contributed by atoms with Crippen LogP contribution in [0.2, 0.25) is 0 Å². The lowest BCUT2D eigenvalue weighted by Crippen LogP contribution is -2.48. The minimum Gasteiger partial charge on any atom is -0.465 e. The Kier molecular flexibility index (Phi) is 5.64. The van der Waals surface area contributed by atoms with Crippen molar-refractivity contribution in [1.82, 2.24) is 10.2 Å². The van der Waals surface area contributed by atoms with Crippen molar-refractivity contribution < 1.29 is 9.53 Å². The number of carbonyl (C=O) groups is 1. The van der Waals surface area contributed by atoms with Crippen LogP contribution in [0.5, 0.6) is 0 Å². The average Bonchev–Trinajstić information content (AvgIpc) is 3.26. The third-order valence-corrected chi connectivity index (χ3v) is 3.86. The van der Waals surface area contributed by atoms with Crippen LogP contribution in [0.1, 0.15) is 52.4 Å². The topological polar surface area (TPSA) is 41.6 Å². The van der Waals surface area contributed by atoms with Gasteiger partial charge in [0, 0.05) is 18.6 Å². The van der Waals surface area contributed by atoms with Crippen LogP contribution in [-0.2, 0) is 9.53 Å². The van der Waals surface area contributed by atoms with E-state index in [1.165, 1.54) is 38.5 Å². The third kappa shape index (κ3) is 5.11. The number of ether oxygens (including phenoxy) is 1. The lowest BCUT2D eigenvalue weighted by atomic mass is 10.2. The van der Waals surface area contributed by atoms with E-state index in [0.29, 0.717) is 18.7 Å². The molecule has 110 valence electrons. The van der Waals surface area contributed by atoms with E-state index in [1.54, 1.807) is 0 Å². The summed E-state index contributed by atoms with van der Waals surface area (Å²) in [5, 5.41) is 3.45. The van der Waals surface area contributed by atoms with Crippen molar-refractivity contribution in [3.8, 4) is 0 Å². The van der Waals surface area contributed by atoms with E-state index in [1.807, 2.05) is 6.92 Å². The first kappa shape index (κ1) is 14.8. The molecule has 4 heteroatoms. The van der Waals surface area contributed by atoms with Crippen molar-refractivity contribution in [2.24, 2.45) is 0 Å². The summed E-state index contributed by atoms with van der Waals surface area (Å²) in [6.07, 6.45) is 7.42. The normalized spacial score (nSPS) is 20.6. The molecule has 2 aliphatic carbocycles. The van der Waals surface area contributed by atoms with Gasteiger partial charge < -0.3 is 10.1 Å². The van der Waals surface area contributed by atoms with E-state index in [4.69, 9.17) is 4.74 Å². The number of carbonyl (C=O) groups excluding carboxylic acids is 1. The monoisotopic (exact) mass is 268 g/mol. The van der Waals surface area contributed by atoms with E-state index in [2.05, 4.69) is 17.1 Å². The molecular formula is C15H28N2O2. The first-order valence-electron chi connectivity index (χ1n) is 7.91. The van der Waals surface area contributed by atoms with E-state index < -0.39 is 0 Å². The predicted octanol–water partition coefficient (Wildman–Crippen LogP) is 1.93. The Hall–Kier alpha value is -0.610. The largest absolute Gasteiger partial charge is 0.465 e. The molecular weight excluding hydrogens is 240 g/mol. The van der Waals surface area contributed by atoms with Gasteiger partial charge in [-0.3, -0.25) is 9.69 Å². The molecule has 2 saturated carbocycles. The zero-order chi connectivity index (χ0) is 13.7. The minimum absolute atomic E-state index is 0.0726. The highest BCUT2D eigenvalue weighted by atomic mass is 16.5. The van der Waals surface area contributed by atoms with Gasteiger partial charge in [0.1, 0.15) is 6.04 Å². The van der Waals surface area contributed by atoms with Gasteiger partial charge in [0.2, 0.25) is 0 Å². The summed E-state index contributed by atoms with van der Waals surface area (Å²) in [6.45, 7) is 6.50. The van der Waals surface area contributed by atoms with Gasteiger partial charge >= 0.3 is 5.97 Å². The Balaban J connectivity index is 1.85. The molecule has 2 aliphatic rings. The van der Waals surface area contributed by atoms with Crippen molar-refractivity contribution >= 4 is 5.97 Å². The van der Waals surface area contributed by atoms with Crippen LogP contribution >= 0.6 is 0 Å². The summed E-state index contributed by atoms with van der Waals surface area (Å²) < 4.78 is 5.21. The molecule has 0 bridgehead atoms. The Morgan fingerprint density at radius 1 is 1.32 bits per heavy atom. The van der Waals surface area contributed by atoms with Crippen LogP contribution in [0.15, 0.2) is 0 Å². The van der Waals surface area contributed by atoms with Gasteiger partial charge in [0.05, 0.1) is 6.61 Å². The maximum absolute atomic E-state index is 12.0. The lowest BCUT2D eigenvalue weighted by Gasteiger charge is -2.27. The fourth-order valence-electron chi connectivity index (χ4n) is 2.43. The van der Waals surface area contributed by atoms with Gasteiger partial charge in [0.15, 0.2) is 0 Å². The molecule has 0 aromatic rings. The van der Waals surface area contributed by atoms with Crippen LogP contribution in [0.4, 0.5) is 0 Å². The Labute approximate surface area is 116 Å². The number of nitrogens with zero attached hydrogens (tertiary/aromatic N) is 1. The van der Waals surface area contributed by atoms with E-state index in [0.717, 1.165) is 13.1 Å². The maximum Gasteiger partial charge on any atom is 0.324 e. The van der Waals surface area contributed by atoms with Crippen molar-refractivity contribution in [1.29, 1.82) is 0 Å². The molecule has 0 aliphatic heterocycles. The second-order valence-corrected chi connectivity index (χ2v) is 5.83. The molecule has 2 rings (SSSR count). The van der Waals surface area contributed by atoms with Crippen LogP contribution in [-0.4, -0.2) is 48.7 Å². The summed E-state index contributed by atoms with van der Waals surface area (Å²) in [7, 11) is 0. The highest BCUT2D eigenvalue weighted by Crippen LogP contribution is 2.28. The fraction of sp³-hybridized carbons (Fsp3) is 0.933. The zero-order valence-corrected chi connectivity index (χ0v) is 12.4. The quantitative estimate of drug-likeness (QED) is 0.615. The smallest absolute Gasteiger partial charge is 0.324 e. The van der Waals surface area contributed by atoms with E-state index in [9.17, 15) is 4.79 Å². The number of esters is 1. The van der Waals surface area contributed by atoms with Gasteiger partial charge in [-0.15, -0.1) is 0 Å². The Morgan fingerprint density at radius 3 is 2.58 bits per heavy atom. The van der Waals surface area contributed by atoms with Gasteiger partial charge in [-0.2, -0.15) is 0 Å². The number of hydrogen-bond acceptors (Lipinski definition) is 4. The molecule has 0 saturated heterocycles. The maximum atomic E-state index is 12.0. The summed E-state index contributed by atoms with van der Waals surface area (Å²) in [4.78, 5) is 14.5. The molecule has 0 radical (unpaired) electrons. The van der Waals surface area contributed by atoms with Gasteiger partial charge in [-0.05, 0) is 45.6 Å². The molecule has 0 aromatic carbocycles. The first-order valence-corrected chi connectivity index (χ1v) is 7.91. The summed E-state index contributed by atoms with van der Waals surface area (Å²) >= 11 is 0. The molecule has 2 fully saturated rings. The van der Waals surface area contributed by atoms with Crippen molar-refractivity contribution in [2.75, 3.05) is 19.7 Å². The molecule has 1 N–H and O–H groups in total. The molecule has 4 nitrogen and oxygen atoms in total. The van der Waals surface area contributed by atoms with Crippen molar-refractivity contribution in [3.05, 3.63) is 0 Å². The molecule has 0 heterocycles. The molecule has 0 spiro atoms. The summed E-state index contributed by atoms with van der Waals surface area (Å²) in [6, 6.07) is 1.12. The predicted molar refractivity (Wildman–Crippen MR) is 76.1 cm³/mol. The fourth-order valence-corrected chi connectivity index (χ4v) is 2.43. The second-order valence-electron chi connectivity index (χ2n) is 5.83. The van der Waals surface area contributed by atoms with Gasteiger partial charge in [-0.25, -0.2) is 0 Å². The van der Waals surface area contributed by atoms with E-state index in [-0.39, 0.29) is 12.0 Å². The second kappa shape index (κ2) is 7.25. The molecule has 1 atom stereocenters. The summed E-state index contributed by atoms with van der Waals surface area (Å²) in [5.41, 5.74) is 0. The molecule has 0 amide bonds. The van der Waals surface area contributed by atoms with E-state index >= 15 is 0 Å².